The van der Waals surface area contributed by atoms with Crippen molar-refractivity contribution in [2.45, 2.75) is 47.1 Å². The van der Waals surface area contributed by atoms with Crippen molar-refractivity contribution >= 4 is 11.9 Å². The van der Waals surface area contributed by atoms with E-state index in [0.717, 1.165) is 38.6 Å². The lowest BCUT2D eigenvalue weighted by molar-refractivity contribution is -0.133. The number of aliphatic imine (C=N–C) groups is 1. The van der Waals surface area contributed by atoms with Gasteiger partial charge < -0.3 is 15.5 Å². The average Bonchev–Trinajstić information content (AvgIpc) is 2.83. The van der Waals surface area contributed by atoms with Crippen LogP contribution in [0, 0.1) is 11.8 Å². The molecule has 5 nitrogen and oxygen atoms in total. The van der Waals surface area contributed by atoms with Gasteiger partial charge in [0.05, 0.1) is 0 Å². The van der Waals surface area contributed by atoms with Crippen molar-refractivity contribution in [3.05, 3.63) is 0 Å². The summed E-state index contributed by atoms with van der Waals surface area (Å²) in [5.74, 6) is 1.74. The highest BCUT2D eigenvalue weighted by molar-refractivity contribution is 5.81. The normalized spacial score (nSPS) is 19.9. The minimum absolute atomic E-state index is 0.0802. The molecule has 0 saturated carbocycles. The third kappa shape index (κ3) is 5.39. The first-order valence-electron chi connectivity index (χ1n) is 7.77. The number of rotatable bonds is 5. The van der Waals surface area contributed by atoms with Crippen LogP contribution in [-0.2, 0) is 4.79 Å². The van der Waals surface area contributed by atoms with Crippen molar-refractivity contribution < 1.29 is 4.79 Å². The number of likely N-dealkylation sites (tertiary alicyclic amines) is 1. The molecule has 1 saturated heterocycles. The van der Waals surface area contributed by atoms with Crippen molar-refractivity contribution in [2.75, 3.05) is 26.2 Å². The minimum Gasteiger partial charge on any atom is -0.357 e. The summed E-state index contributed by atoms with van der Waals surface area (Å²) in [7, 11) is 0. The Morgan fingerprint density at radius 2 is 2.05 bits per heavy atom. The second-order valence-corrected chi connectivity index (χ2v) is 6.18. The van der Waals surface area contributed by atoms with Crippen LogP contribution in [0.25, 0.3) is 0 Å². The summed E-state index contributed by atoms with van der Waals surface area (Å²) in [6.07, 6.45) is 0.991. The zero-order chi connectivity index (χ0) is 15.1. The average molecular weight is 282 g/mol. The molecule has 0 spiro atoms. The van der Waals surface area contributed by atoms with E-state index in [-0.39, 0.29) is 11.8 Å². The topological polar surface area (TPSA) is 56.7 Å². The number of guanidine groups is 1. The number of amides is 1. The van der Waals surface area contributed by atoms with E-state index in [1.54, 1.807) is 0 Å². The van der Waals surface area contributed by atoms with Crippen LogP contribution in [0.15, 0.2) is 4.99 Å². The van der Waals surface area contributed by atoms with E-state index < -0.39 is 0 Å². The molecule has 0 aromatic heterocycles. The van der Waals surface area contributed by atoms with Gasteiger partial charge in [0.2, 0.25) is 5.91 Å². The van der Waals surface area contributed by atoms with Crippen LogP contribution in [0.2, 0.25) is 0 Å². The monoisotopic (exact) mass is 282 g/mol. The smallest absolute Gasteiger partial charge is 0.225 e. The number of carbonyl (C=O) groups is 1. The van der Waals surface area contributed by atoms with Crippen LogP contribution in [-0.4, -0.2) is 49.0 Å². The molecule has 1 amide bonds. The van der Waals surface area contributed by atoms with Gasteiger partial charge in [0.1, 0.15) is 0 Å². The zero-order valence-corrected chi connectivity index (χ0v) is 13.6. The molecule has 0 aliphatic carbocycles. The van der Waals surface area contributed by atoms with Crippen LogP contribution in [0.5, 0.6) is 0 Å². The van der Waals surface area contributed by atoms with Gasteiger partial charge in [0.15, 0.2) is 5.96 Å². The Balaban J connectivity index is 2.50. The Morgan fingerprint density at radius 1 is 1.35 bits per heavy atom. The number of nitrogens with zero attached hydrogens (tertiary/aromatic N) is 2. The predicted molar refractivity (Wildman–Crippen MR) is 83.8 cm³/mol. The quantitative estimate of drug-likeness (QED) is 0.593. The van der Waals surface area contributed by atoms with E-state index in [9.17, 15) is 4.79 Å². The largest absolute Gasteiger partial charge is 0.357 e. The van der Waals surface area contributed by atoms with Gasteiger partial charge in [-0.25, -0.2) is 0 Å². The first-order valence-corrected chi connectivity index (χ1v) is 7.77. The van der Waals surface area contributed by atoms with E-state index in [1.807, 2.05) is 18.7 Å². The molecule has 1 heterocycles. The van der Waals surface area contributed by atoms with Crippen LogP contribution >= 0.6 is 0 Å². The maximum Gasteiger partial charge on any atom is 0.225 e. The summed E-state index contributed by atoms with van der Waals surface area (Å²) in [5.41, 5.74) is 0. The molecular weight excluding hydrogens is 252 g/mol. The molecule has 1 rings (SSSR count). The van der Waals surface area contributed by atoms with Crippen LogP contribution in [0.3, 0.4) is 0 Å². The number of carbonyl (C=O) groups excluding carboxylic acids is 1. The summed E-state index contributed by atoms with van der Waals surface area (Å²) in [4.78, 5) is 18.5. The molecule has 116 valence electrons. The molecule has 1 atom stereocenters. The standard InChI is InChI=1S/C15H30N4O/c1-6-16-15(17-9-11(2)3)18-13-7-8-19(10-13)14(20)12(4)5/h11-13H,6-10H2,1-5H3,(H2,16,17,18). The molecule has 5 heteroatoms. The maximum absolute atomic E-state index is 12.0. The second-order valence-electron chi connectivity index (χ2n) is 6.18. The number of hydrogen-bond donors (Lipinski definition) is 2. The Bertz CT molecular complexity index is 339. The van der Waals surface area contributed by atoms with Gasteiger partial charge >= 0.3 is 0 Å². The zero-order valence-electron chi connectivity index (χ0n) is 13.6. The van der Waals surface area contributed by atoms with Crippen LogP contribution < -0.4 is 10.6 Å². The SMILES string of the molecule is CCNC(=NCC(C)C)NC1CCN(C(=O)C(C)C)C1. The molecule has 0 aromatic carbocycles. The summed E-state index contributed by atoms with van der Waals surface area (Å²) < 4.78 is 0. The number of hydrogen-bond acceptors (Lipinski definition) is 2. The Morgan fingerprint density at radius 3 is 2.60 bits per heavy atom. The molecule has 1 unspecified atom stereocenters. The fourth-order valence-electron chi connectivity index (χ4n) is 2.23. The predicted octanol–water partition coefficient (Wildman–Crippen LogP) is 1.45. The van der Waals surface area contributed by atoms with Crippen LogP contribution in [0.4, 0.5) is 0 Å². The van der Waals surface area contributed by atoms with Gasteiger partial charge in [-0.15, -0.1) is 0 Å². The molecule has 1 aliphatic rings. The lowest BCUT2D eigenvalue weighted by Crippen LogP contribution is -2.45. The van der Waals surface area contributed by atoms with E-state index in [1.165, 1.54) is 0 Å². The molecule has 0 bridgehead atoms. The Hall–Kier alpha value is -1.26. The summed E-state index contributed by atoms with van der Waals surface area (Å²) in [5, 5.41) is 6.71. The van der Waals surface area contributed by atoms with Crippen molar-refractivity contribution in [1.29, 1.82) is 0 Å². The highest BCUT2D eigenvalue weighted by Crippen LogP contribution is 2.12. The highest BCUT2D eigenvalue weighted by atomic mass is 16.2. The van der Waals surface area contributed by atoms with Crippen molar-refractivity contribution in [3.63, 3.8) is 0 Å². The van der Waals surface area contributed by atoms with E-state index >= 15 is 0 Å². The van der Waals surface area contributed by atoms with E-state index in [0.29, 0.717) is 12.0 Å². The molecular formula is C15H30N4O. The summed E-state index contributed by atoms with van der Waals surface area (Å²) in [6, 6.07) is 0.308. The van der Waals surface area contributed by atoms with Gasteiger partial charge in [0, 0.05) is 38.1 Å². The van der Waals surface area contributed by atoms with Crippen molar-refractivity contribution in [1.82, 2.24) is 15.5 Å². The maximum atomic E-state index is 12.0. The van der Waals surface area contributed by atoms with E-state index in [4.69, 9.17) is 0 Å². The lowest BCUT2D eigenvalue weighted by atomic mass is 10.2. The second kappa shape index (κ2) is 8.12. The summed E-state index contributed by atoms with van der Waals surface area (Å²) in [6.45, 7) is 13.6. The van der Waals surface area contributed by atoms with Gasteiger partial charge in [-0.2, -0.15) is 0 Å². The third-order valence-electron chi connectivity index (χ3n) is 3.29. The summed E-state index contributed by atoms with van der Waals surface area (Å²) >= 11 is 0. The fraction of sp³-hybridized carbons (Fsp3) is 0.867. The molecule has 0 aromatic rings. The van der Waals surface area contributed by atoms with E-state index in [2.05, 4.69) is 36.4 Å². The van der Waals surface area contributed by atoms with Gasteiger partial charge in [-0.3, -0.25) is 9.79 Å². The highest BCUT2D eigenvalue weighted by Gasteiger charge is 2.27. The Kier molecular flexibility index (Phi) is 6.82. The number of nitrogens with one attached hydrogen (secondary N) is 2. The molecule has 1 fully saturated rings. The first kappa shape index (κ1) is 16.8. The molecule has 0 radical (unpaired) electrons. The fourth-order valence-corrected chi connectivity index (χ4v) is 2.23. The third-order valence-corrected chi connectivity index (χ3v) is 3.29. The van der Waals surface area contributed by atoms with Gasteiger partial charge in [-0.05, 0) is 19.3 Å². The lowest BCUT2D eigenvalue weighted by Gasteiger charge is -2.20. The Labute approximate surface area is 123 Å². The van der Waals surface area contributed by atoms with Crippen molar-refractivity contribution in [3.8, 4) is 0 Å². The van der Waals surface area contributed by atoms with Crippen molar-refractivity contribution in [2.24, 2.45) is 16.8 Å². The molecule has 1 aliphatic heterocycles. The minimum atomic E-state index is 0.0802. The van der Waals surface area contributed by atoms with Gasteiger partial charge in [0.25, 0.3) is 0 Å². The molecule has 2 N–H and O–H groups in total. The first-order chi connectivity index (χ1) is 9.43. The van der Waals surface area contributed by atoms with Gasteiger partial charge in [-0.1, -0.05) is 27.7 Å². The van der Waals surface area contributed by atoms with Crippen LogP contribution in [0.1, 0.15) is 41.0 Å². The molecule has 20 heavy (non-hydrogen) atoms.